The molecule has 176 valence electrons. The molecular formula is C30H30N4O. The molecule has 0 bridgehead atoms. The minimum atomic E-state index is 0.0312. The van der Waals surface area contributed by atoms with Gasteiger partial charge in [-0.3, -0.25) is 14.7 Å². The van der Waals surface area contributed by atoms with Crippen LogP contribution in [-0.2, 0) is 0 Å². The Bertz CT molecular complexity index is 1390. The topological polar surface area (TPSA) is 48.5 Å². The first-order chi connectivity index (χ1) is 17.2. The van der Waals surface area contributed by atoms with E-state index >= 15 is 0 Å². The summed E-state index contributed by atoms with van der Waals surface area (Å²) >= 11 is 0. The van der Waals surface area contributed by atoms with E-state index in [4.69, 9.17) is 0 Å². The lowest BCUT2D eigenvalue weighted by Crippen LogP contribution is -2.51. The Morgan fingerprint density at radius 3 is 2.46 bits per heavy atom. The molecule has 4 aromatic rings. The van der Waals surface area contributed by atoms with Gasteiger partial charge >= 0.3 is 0 Å². The van der Waals surface area contributed by atoms with Crippen LogP contribution in [0.5, 0.6) is 0 Å². The van der Waals surface area contributed by atoms with Crippen molar-refractivity contribution in [1.29, 1.82) is 0 Å². The molecule has 0 spiro atoms. The molecule has 2 heterocycles. The second kappa shape index (κ2) is 9.16. The second-order valence-corrected chi connectivity index (χ2v) is 9.49. The van der Waals surface area contributed by atoms with Crippen molar-refractivity contribution < 1.29 is 4.79 Å². The molecule has 5 nitrogen and oxygen atoms in total. The van der Waals surface area contributed by atoms with Gasteiger partial charge in [0.25, 0.3) is 5.91 Å². The molecule has 1 atom stereocenters. The number of carbonyl (C=O) groups excluding carboxylic acids is 1. The number of anilines is 1. The number of hydrogen-bond acceptors (Lipinski definition) is 4. The molecule has 1 aromatic heterocycles. The average Bonchev–Trinajstić information content (AvgIpc) is 2.91. The van der Waals surface area contributed by atoms with Gasteiger partial charge in [-0.15, -0.1) is 0 Å². The van der Waals surface area contributed by atoms with E-state index in [2.05, 4.69) is 75.6 Å². The Hall–Kier alpha value is -3.70. The van der Waals surface area contributed by atoms with Gasteiger partial charge in [0.15, 0.2) is 0 Å². The third kappa shape index (κ3) is 3.96. The SMILES string of the molecule is CCC(CN1CCN(c2cccc3cccnc23)CC1)NC(=O)c1cccc2c1-c1ccccc1-2. The summed E-state index contributed by atoms with van der Waals surface area (Å²) in [6.45, 7) is 6.90. The summed E-state index contributed by atoms with van der Waals surface area (Å²) in [5, 5.41) is 4.51. The van der Waals surface area contributed by atoms with Crippen LogP contribution in [0.2, 0.25) is 0 Å². The lowest BCUT2D eigenvalue weighted by molar-refractivity contribution is 0.0922. The molecule has 35 heavy (non-hydrogen) atoms. The first kappa shape index (κ1) is 21.8. The zero-order valence-corrected chi connectivity index (χ0v) is 20.1. The molecule has 3 aromatic carbocycles. The number of rotatable bonds is 6. The third-order valence-electron chi connectivity index (χ3n) is 7.43. The summed E-state index contributed by atoms with van der Waals surface area (Å²) in [5.41, 5.74) is 7.76. The predicted molar refractivity (Wildman–Crippen MR) is 143 cm³/mol. The van der Waals surface area contributed by atoms with E-state index in [1.807, 2.05) is 30.5 Å². The van der Waals surface area contributed by atoms with E-state index in [0.717, 1.165) is 55.8 Å². The molecule has 2 aliphatic rings. The molecule has 1 aliphatic carbocycles. The van der Waals surface area contributed by atoms with Crippen LogP contribution < -0.4 is 10.2 Å². The summed E-state index contributed by atoms with van der Waals surface area (Å²) < 4.78 is 0. The second-order valence-electron chi connectivity index (χ2n) is 9.49. The number of benzene rings is 3. The van der Waals surface area contributed by atoms with Crippen molar-refractivity contribution in [2.45, 2.75) is 19.4 Å². The summed E-state index contributed by atoms with van der Waals surface area (Å²) in [7, 11) is 0. The van der Waals surface area contributed by atoms with Crippen molar-refractivity contribution in [2.24, 2.45) is 0 Å². The summed E-state index contributed by atoms with van der Waals surface area (Å²) in [6.07, 6.45) is 2.78. The number of aromatic nitrogens is 1. The smallest absolute Gasteiger partial charge is 0.252 e. The number of pyridine rings is 1. The Morgan fingerprint density at radius 1 is 0.886 bits per heavy atom. The maximum absolute atomic E-state index is 13.3. The molecule has 1 amide bonds. The van der Waals surface area contributed by atoms with Crippen molar-refractivity contribution in [3.05, 3.63) is 84.6 Å². The largest absolute Gasteiger partial charge is 0.367 e. The first-order valence-corrected chi connectivity index (χ1v) is 12.6. The monoisotopic (exact) mass is 462 g/mol. The zero-order valence-electron chi connectivity index (χ0n) is 20.1. The van der Waals surface area contributed by atoms with Gasteiger partial charge in [-0.25, -0.2) is 0 Å². The van der Waals surface area contributed by atoms with Gasteiger partial charge in [-0.1, -0.05) is 61.5 Å². The predicted octanol–water partition coefficient (Wildman–Crippen LogP) is 5.21. The summed E-state index contributed by atoms with van der Waals surface area (Å²) in [4.78, 5) is 22.8. The van der Waals surface area contributed by atoms with Crippen LogP contribution in [0.15, 0.2) is 79.0 Å². The van der Waals surface area contributed by atoms with Gasteiger partial charge in [-0.05, 0) is 41.3 Å². The molecule has 0 radical (unpaired) electrons. The highest BCUT2D eigenvalue weighted by atomic mass is 16.1. The van der Waals surface area contributed by atoms with Crippen LogP contribution in [0.1, 0.15) is 23.7 Å². The number of piperazine rings is 1. The zero-order chi connectivity index (χ0) is 23.8. The molecule has 1 unspecified atom stereocenters. The number of nitrogens with one attached hydrogen (secondary N) is 1. The molecule has 5 heteroatoms. The molecule has 1 saturated heterocycles. The number of hydrogen-bond donors (Lipinski definition) is 1. The highest BCUT2D eigenvalue weighted by molar-refractivity contribution is 6.12. The standard InChI is InChI=1S/C30H30N4O/c1-2-22(32-30(35)26-13-6-12-25-23-10-3-4-11-24(23)28(25)26)20-33-16-18-34(19-17-33)27-14-5-8-21-9-7-15-31-29(21)27/h3-15,22H,2,16-20H2,1H3,(H,32,35). The van der Waals surface area contributed by atoms with Gasteiger partial charge < -0.3 is 10.2 Å². The fraction of sp³-hybridized carbons (Fsp3) is 0.267. The highest BCUT2D eigenvalue weighted by Gasteiger charge is 2.28. The van der Waals surface area contributed by atoms with Gasteiger partial charge in [0.2, 0.25) is 0 Å². The van der Waals surface area contributed by atoms with Crippen molar-refractivity contribution in [3.8, 4) is 22.3 Å². The fourth-order valence-electron chi connectivity index (χ4n) is 5.50. The summed E-state index contributed by atoms with van der Waals surface area (Å²) in [5.74, 6) is 0.0312. The van der Waals surface area contributed by atoms with Gasteiger partial charge in [-0.2, -0.15) is 0 Å². The molecule has 6 rings (SSSR count). The van der Waals surface area contributed by atoms with Crippen LogP contribution in [-0.4, -0.2) is 54.6 Å². The van der Waals surface area contributed by atoms with Gasteiger partial charge in [0.1, 0.15) is 0 Å². The van der Waals surface area contributed by atoms with Crippen molar-refractivity contribution in [2.75, 3.05) is 37.6 Å². The van der Waals surface area contributed by atoms with E-state index in [0.29, 0.717) is 0 Å². The van der Waals surface area contributed by atoms with Crippen LogP contribution in [0.3, 0.4) is 0 Å². The maximum atomic E-state index is 13.3. The minimum Gasteiger partial charge on any atom is -0.367 e. The lowest BCUT2D eigenvalue weighted by atomic mass is 9.78. The quantitative estimate of drug-likeness (QED) is 0.376. The summed E-state index contributed by atoms with van der Waals surface area (Å²) in [6, 6.07) is 25.0. The number of para-hydroxylation sites is 1. The lowest BCUT2D eigenvalue weighted by Gasteiger charge is -2.38. The van der Waals surface area contributed by atoms with E-state index < -0.39 is 0 Å². The Kier molecular flexibility index (Phi) is 5.71. The first-order valence-electron chi connectivity index (χ1n) is 12.6. The normalized spacial score (nSPS) is 15.7. The van der Waals surface area contributed by atoms with E-state index in [-0.39, 0.29) is 11.9 Å². The van der Waals surface area contributed by atoms with E-state index in [1.54, 1.807) is 0 Å². The third-order valence-corrected chi connectivity index (χ3v) is 7.43. The number of carbonyl (C=O) groups is 1. The maximum Gasteiger partial charge on any atom is 0.252 e. The van der Waals surface area contributed by atoms with E-state index in [1.165, 1.54) is 27.8 Å². The number of nitrogens with zero attached hydrogens (tertiary/aromatic N) is 3. The van der Waals surface area contributed by atoms with Gasteiger partial charge in [0.05, 0.1) is 11.2 Å². The number of amides is 1. The van der Waals surface area contributed by atoms with E-state index in [9.17, 15) is 4.79 Å². The van der Waals surface area contributed by atoms with Crippen LogP contribution in [0.25, 0.3) is 33.2 Å². The average molecular weight is 463 g/mol. The fourth-order valence-corrected chi connectivity index (χ4v) is 5.50. The number of fused-ring (bicyclic) bond motifs is 5. The Balaban J connectivity index is 1.10. The molecule has 1 aliphatic heterocycles. The Labute approximate surface area is 206 Å². The molecule has 0 saturated carbocycles. The molecule has 1 fully saturated rings. The van der Waals surface area contributed by atoms with Gasteiger partial charge in [0, 0.05) is 61.5 Å². The van der Waals surface area contributed by atoms with Crippen molar-refractivity contribution >= 4 is 22.5 Å². The molecule has 1 N–H and O–H groups in total. The highest BCUT2D eigenvalue weighted by Crippen LogP contribution is 2.48. The van der Waals surface area contributed by atoms with Crippen molar-refractivity contribution in [1.82, 2.24) is 15.2 Å². The van der Waals surface area contributed by atoms with Crippen LogP contribution >= 0.6 is 0 Å². The minimum absolute atomic E-state index is 0.0312. The van der Waals surface area contributed by atoms with Crippen molar-refractivity contribution in [3.63, 3.8) is 0 Å². The Morgan fingerprint density at radius 2 is 1.63 bits per heavy atom. The van der Waals surface area contributed by atoms with Crippen LogP contribution in [0, 0.1) is 0 Å². The molecular weight excluding hydrogens is 432 g/mol. The van der Waals surface area contributed by atoms with Crippen LogP contribution in [0.4, 0.5) is 5.69 Å².